The molecule has 0 saturated carbocycles. The summed E-state index contributed by atoms with van der Waals surface area (Å²) >= 11 is 0. The van der Waals surface area contributed by atoms with Gasteiger partial charge in [0.15, 0.2) is 0 Å². The molecule has 49 heavy (non-hydrogen) atoms. The fraction of sp³-hybridized carbons (Fsp3) is 0.300. The lowest BCUT2D eigenvalue weighted by molar-refractivity contribution is -0.147. The summed E-state index contributed by atoms with van der Waals surface area (Å²) in [5.41, 5.74) is 6.04. The summed E-state index contributed by atoms with van der Waals surface area (Å²) in [7, 11) is 0. The van der Waals surface area contributed by atoms with Crippen LogP contribution in [-0.4, -0.2) is 55.2 Å². The van der Waals surface area contributed by atoms with Gasteiger partial charge in [0.25, 0.3) is 0 Å². The molecule has 0 fully saturated rings. The Bertz CT molecular complexity index is 1700. The second kappa shape index (κ2) is 16.6. The topological polar surface area (TPSA) is 123 Å². The highest BCUT2D eigenvalue weighted by Crippen LogP contribution is 2.44. The molecule has 0 unspecified atom stereocenters. The van der Waals surface area contributed by atoms with Crippen LogP contribution in [0.2, 0.25) is 0 Å². The van der Waals surface area contributed by atoms with E-state index in [2.05, 4.69) is 28.1 Å². The maximum Gasteiger partial charge on any atom is 0.407 e. The molecule has 3 amide bonds. The summed E-state index contributed by atoms with van der Waals surface area (Å²) in [6.07, 6.45) is -0.352. The Kier molecular flexibility index (Phi) is 11.8. The Balaban J connectivity index is 1.28. The smallest absolute Gasteiger partial charge is 0.407 e. The van der Waals surface area contributed by atoms with Gasteiger partial charge < -0.3 is 25.4 Å². The molecule has 254 valence electrons. The number of hydrogen-bond donors (Lipinski definition) is 3. The van der Waals surface area contributed by atoms with Crippen LogP contribution in [0.1, 0.15) is 48.9 Å². The van der Waals surface area contributed by atoms with Crippen LogP contribution in [0.15, 0.2) is 109 Å². The Labute approximate surface area is 287 Å². The number of fused-ring (bicyclic) bond motifs is 3. The molecule has 0 heterocycles. The van der Waals surface area contributed by atoms with Crippen LogP contribution in [-0.2, 0) is 36.7 Å². The third kappa shape index (κ3) is 8.93. The number of carbonyl (C=O) groups is 4. The predicted octanol–water partition coefficient (Wildman–Crippen LogP) is 5.57. The minimum absolute atomic E-state index is 0.0992. The van der Waals surface area contributed by atoms with Gasteiger partial charge >= 0.3 is 12.1 Å². The summed E-state index contributed by atoms with van der Waals surface area (Å²) in [5, 5.41) is 8.38. The van der Waals surface area contributed by atoms with Crippen LogP contribution in [0, 0.1) is 5.92 Å². The molecule has 1 aliphatic carbocycles. The first-order valence-corrected chi connectivity index (χ1v) is 16.7. The summed E-state index contributed by atoms with van der Waals surface area (Å²) in [5.74, 6) is -2.12. The third-order valence-corrected chi connectivity index (χ3v) is 8.65. The average molecular weight is 662 g/mol. The fourth-order valence-electron chi connectivity index (χ4n) is 6.18. The van der Waals surface area contributed by atoms with Gasteiger partial charge in [-0.15, -0.1) is 0 Å². The van der Waals surface area contributed by atoms with Crippen molar-refractivity contribution in [2.75, 3.05) is 13.2 Å². The molecule has 0 aromatic heterocycles. The number of benzene rings is 4. The molecule has 5 rings (SSSR count). The van der Waals surface area contributed by atoms with Crippen molar-refractivity contribution >= 4 is 23.9 Å². The van der Waals surface area contributed by atoms with Gasteiger partial charge in [-0.1, -0.05) is 123 Å². The van der Waals surface area contributed by atoms with Crippen molar-refractivity contribution in [3.05, 3.63) is 131 Å². The molecule has 9 heteroatoms. The van der Waals surface area contributed by atoms with Gasteiger partial charge in [-0.2, -0.15) is 0 Å². The first-order chi connectivity index (χ1) is 23.7. The zero-order valence-corrected chi connectivity index (χ0v) is 28.1. The molecule has 3 N–H and O–H groups in total. The van der Waals surface area contributed by atoms with Crippen LogP contribution in [0.3, 0.4) is 0 Å². The minimum atomic E-state index is -1.05. The largest absolute Gasteiger partial charge is 0.464 e. The van der Waals surface area contributed by atoms with Crippen molar-refractivity contribution in [1.82, 2.24) is 16.0 Å². The number of carbonyl (C=O) groups excluding carboxylic acids is 4. The van der Waals surface area contributed by atoms with Crippen LogP contribution >= 0.6 is 0 Å². The van der Waals surface area contributed by atoms with Gasteiger partial charge in [0.1, 0.15) is 24.7 Å². The van der Waals surface area contributed by atoms with Gasteiger partial charge in [0.2, 0.25) is 11.8 Å². The third-order valence-electron chi connectivity index (χ3n) is 8.65. The number of amides is 3. The van der Waals surface area contributed by atoms with Crippen molar-refractivity contribution in [2.24, 2.45) is 5.92 Å². The standard InChI is InChI=1S/C40H43N3O6/c1-4-48-39(46)35(24-28-17-9-6-10-18-28)42-37(44)34(23-27-15-7-5-8-16-27)41-38(45)36(26(2)3)43-40(47)49-25-33-31-21-13-11-19-29(31)30-20-12-14-22-32(30)33/h5-22,26,33-36H,4,23-25H2,1-3H3,(H,41,45)(H,42,44)(H,43,47)/t34-,35-,36-/m0/s1. The van der Waals surface area contributed by atoms with E-state index in [4.69, 9.17) is 9.47 Å². The number of esters is 1. The zero-order valence-electron chi connectivity index (χ0n) is 28.1. The zero-order chi connectivity index (χ0) is 34.8. The highest BCUT2D eigenvalue weighted by atomic mass is 16.5. The maximum atomic E-state index is 13.8. The van der Waals surface area contributed by atoms with Crippen molar-refractivity contribution < 1.29 is 28.7 Å². The van der Waals surface area contributed by atoms with E-state index in [0.717, 1.165) is 33.4 Å². The summed E-state index contributed by atoms with van der Waals surface area (Å²) in [4.78, 5) is 53.7. The average Bonchev–Trinajstić information content (AvgIpc) is 3.43. The number of alkyl carbamates (subject to hydrolysis) is 1. The predicted molar refractivity (Wildman–Crippen MR) is 188 cm³/mol. The normalized spacial score (nSPS) is 13.7. The molecule has 0 spiro atoms. The number of hydrogen-bond acceptors (Lipinski definition) is 6. The van der Waals surface area contributed by atoms with Crippen molar-refractivity contribution in [2.45, 2.75) is 57.7 Å². The molecule has 0 bridgehead atoms. The molecule has 0 aliphatic heterocycles. The van der Waals surface area contributed by atoms with Gasteiger partial charge in [-0.05, 0) is 46.2 Å². The lowest BCUT2D eigenvalue weighted by Crippen LogP contribution is -2.58. The van der Waals surface area contributed by atoms with E-state index < -0.39 is 42.0 Å². The second-order valence-corrected chi connectivity index (χ2v) is 12.4. The Morgan fingerprint density at radius 2 is 1.10 bits per heavy atom. The van der Waals surface area contributed by atoms with Gasteiger partial charge in [0, 0.05) is 18.8 Å². The lowest BCUT2D eigenvalue weighted by atomic mass is 9.98. The first kappa shape index (κ1) is 34.9. The molecular weight excluding hydrogens is 618 g/mol. The van der Waals surface area contributed by atoms with Crippen LogP contribution in [0.25, 0.3) is 11.1 Å². The highest BCUT2D eigenvalue weighted by Gasteiger charge is 2.33. The maximum absolute atomic E-state index is 13.8. The molecule has 9 nitrogen and oxygen atoms in total. The van der Waals surface area contributed by atoms with E-state index in [1.165, 1.54) is 0 Å². The molecule has 4 aromatic carbocycles. The van der Waals surface area contributed by atoms with E-state index in [1.54, 1.807) is 20.8 Å². The van der Waals surface area contributed by atoms with Crippen molar-refractivity contribution in [3.63, 3.8) is 0 Å². The number of nitrogens with one attached hydrogen (secondary N) is 3. The Morgan fingerprint density at radius 1 is 0.612 bits per heavy atom. The molecule has 0 saturated heterocycles. The molecular formula is C40H43N3O6. The van der Waals surface area contributed by atoms with E-state index in [9.17, 15) is 19.2 Å². The Morgan fingerprint density at radius 3 is 1.63 bits per heavy atom. The fourth-order valence-corrected chi connectivity index (χ4v) is 6.18. The summed E-state index contributed by atoms with van der Waals surface area (Å²) in [6.45, 7) is 5.56. The quantitative estimate of drug-likeness (QED) is 0.152. The van der Waals surface area contributed by atoms with Crippen molar-refractivity contribution in [1.29, 1.82) is 0 Å². The van der Waals surface area contributed by atoms with Gasteiger partial charge in [-0.25, -0.2) is 9.59 Å². The van der Waals surface area contributed by atoms with E-state index in [0.29, 0.717) is 0 Å². The first-order valence-electron chi connectivity index (χ1n) is 16.7. The van der Waals surface area contributed by atoms with Crippen LogP contribution in [0.4, 0.5) is 4.79 Å². The Hall–Kier alpha value is -5.44. The highest BCUT2D eigenvalue weighted by molar-refractivity contribution is 5.93. The van der Waals surface area contributed by atoms with Crippen LogP contribution in [0.5, 0.6) is 0 Å². The SMILES string of the molecule is CCOC(=O)[C@H](Cc1ccccc1)NC(=O)[C@H](Cc1ccccc1)NC(=O)[C@@H](NC(=O)OCC1c2ccccc2-c2ccccc21)C(C)C. The van der Waals surface area contributed by atoms with Crippen LogP contribution < -0.4 is 16.0 Å². The summed E-state index contributed by atoms with van der Waals surface area (Å²) in [6, 6.07) is 31.7. The molecule has 0 radical (unpaired) electrons. The van der Waals surface area contributed by atoms with Gasteiger partial charge in [0.05, 0.1) is 6.61 Å². The minimum Gasteiger partial charge on any atom is -0.464 e. The lowest BCUT2D eigenvalue weighted by Gasteiger charge is -2.26. The van der Waals surface area contributed by atoms with E-state index in [-0.39, 0.29) is 37.9 Å². The van der Waals surface area contributed by atoms with Crippen molar-refractivity contribution in [3.8, 4) is 11.1 Å². The van der Waals surface area contributed by atoms with Gasteiger partial charge in [-0.3, -0.25) is 9.59 Å². The summed E-state index contributed by atoms with van der Waals surface area (Å²) < 4.78 is 11.0. The molecule has 3 atom stereocenters. The monoisotopic (exact) mass is 661 g/mol. The molecule has 1 aliphatic rings. The second-order valence-electron chi connectivity index (χ2n) is 12.4. The van der Waals surface area contributed by atoms with E-state index >= 15 is 0 Å². The number of ether oxygens (including phenoxy) is 2. The van der Waals surface area contributed by atoms with E-state index in [1.807, 2.05) is 97.1 Å². The number of rotatable bonds is 14. The molecule has 4 aromatic rings.